The predicted molar refractivity (Wildman–Crippen MR) is 87.2 cm³/mol. The molecular weight excluding hydrogens is 308 g/mol. The molecule has 1 aromatic heterocycles. The van der Waals surface area contributed by atoms with Gasteiger partial charge in [0.2, 0.25) is 0 Å². The summed E-state index contributed by atoms with van der Waals surface area (Å²) in [4.78, 5) is 12.0. The van der Waals surface area contributed by atoms with Gasteiger partial charge in [-0.15, -0.1) is 0 Å². The van der Waals surface area contributed by atoms with Crippen LogP contribution in [0.25, 0.3) is 5.69 Å². The van der Waals surface area contributed by atoms with Gasteiger partial charge in [0.1, 0.15) is 12.2 Å². The Bertz CT molecular complexity index is 855. The molecule has 0 fully saturated rings. The maximum Gasteiger partial charge on any atom is 0.342 e. The highest BCUT2D eigenvalue weighted by Gasteiger charge is 2.17. The molecular formula is C18H16N2O4. The number of nitrogens with zero attached hydrogens (tertiary/aromatic N) is 2. The summed E-state index contributed by atoms with van der Waals surface area (Å²) in [5.74, 6) is -1.47. The maximum atomic E-state index is 12.0. The number of aromatic hydroxyl groups is 2. The number of phenols is 2. The van der Waals surface area contributed by atoms with Gasteiger partial charge in [0, 0.05) is 12.4 Å². The number of aromatic nitrogens is 2. The third-order valence-electron chi connectivity index (χ3n) is 3.65. The number of ether oxygens (including phenoxy) is 1. The van der Waals surface area contributed by atoms with E-state index in [9.17, 15) is 15.0 Å². The van der Waals surface area contributed by atoms with E-state index in [1.807, 2.05) is 36.5 Å². The number of phenolic OH excluding ortho intramolecular Hbond substituents is 2. The van der Waals surface area contributed by atoms with E-state index >= 15 is 0 Å². The van der Waals surface area contributed by atoms with Crippen molar-refractivity contribution in [2.24, 2.45) is 0 Å². The molecule has 3 aromatic rings. The molecule has 0 atom stereocenters. The number of esters is 1. The lowest BCUT2D eigenvalue weighted by Gasteiger charge is -2.09. The second kappa shape index (κ2) is 6.45. The molecule has 0 radical (unpaired) electrons. The summed E-state index contributed by atoms with van der Waals surface area (Å²) in [6, 6.07) is 12.2. The summed E-state index contributed by atoms with van der Waals surface area (Å²) < 4.78 is 6.91. The van der Waals surface area contributed by atoms with Gasteiger partial charge in [-0.05, 0) is 42.3 Å². The SMILES string of the molecule is Cc1ccc(C(=O)OCc2ccc(-n3cccn3)cc2)c(O)c1O. The van der Waals surface area contributed by atoms with E-state index in [2.05, 4.69) is 5.10 Å². The van der Waals surface area contributed by atoms with Crippen LogP contribution in [0.15, 0.2) is 54.9 Å². The van der Waals surface area contributed by atoms with E-state index < -0.39 is 11.7 Å². The minimum Gasteiger partial charge on any atom is -0.504 e. The molecule has 6 heteroatoms. The Kier molecular flexibility index (Phi) is 4.20. The first-order valence-corrected chi connectivity index (χ1v) is 7.34. The molecule has 2 N–H and O–H groups in total. The van der Waals surface area contributed by atoms with Gasteiger partial charge in [-0.3, -0.25) is 0 Å². The summed E-state index contributed by atoms with van der Waals surface area (Å²) in [6.07, 6.45) is 3.53. The molecule has 0 aliphatic rings. The molecule has 0 unspecified atom stereocenters. The molecule has 0 saturated carbocycles. The van der Waals surface area contributed by atoms with Crippen molar-refractivity contribution in [3.63, 3.8) is 0 Å². The standard InChI is InChI=1S/C18H16N2O4/c1-12-3-8-15(17(22)16(12)21)18(23)24-11-13-4-6-14(7-5-13)20-10-2-9-19-20/h2-10,21-22H,11H2,1H3. The number of hydrogen-bond donors (Lipinski definition) is 2. The van der Waals surface area contributed by atoms with Crippen molar-refractivity contribution >= 4 is 5.97 Å². The molecule has 3 rings (SSSR count). The van der Waals surface area contributed by atoms with Gasteiger partial charge in [0.05, 0.1) is 5.69 Å². The fourth-order valence-electron chi connectivity index (χ4n) is 2.24. The van der Waals surface area contributed by atoms with E-state index in [0.717, 1.165) is 11.3 Å². The van der Waals surface area contributed by atoms with Gasteiger partial charge in [0.15, 0.2) is 11.5 Å². The topological polar surface area (TPSA) is 84.6 Å². The number of aryl methyl sites for hydroxylation is 1. The summed E-state index contributed by atoms with van der Waals surface area (Å²) in [7, 11) is 0. The smallest absolute Gasteiger partial charge is 0.342 e. The zero-order chi connectivity index (χ0) is 17.1. The number of rotatable bonds is 4. The van der Waals surface area contributed by atoms with Crippen LogP contribution >= 0.6 is 0 Å². The Labute approximate surface area is 138 Å². The highest BCUT2D eigenvalue weighted by molar-refractivity contribution is 5.93. The molecule has 0 aliphatic carbocycles. The Hall–Kier alpha value is -3.28. The average Bonchev–Trinajstić information content (AvgIpc) is 3.13. The minimum absolute atomic E-state index is 0.0618. The third kappa shape index (κ3) is 3.08. The first-order chi connectivity index (χ1) is 11.6. The molecule has 0 aliphatic heterocycles. The minimum atomic E-state index is -0.695. The molecule has 0 bridgehead atoms. The van der Waals surface area contributed by atoms with Gasteiger partial charge in [-0.1, -0.05) is 18.2 Å². The number of benzene rings is 2. The molecule has 24 heavy (non-hydrogen) atoms. The number of hydrogen-bond acceptors (Lipinski definition) is 5. The molecule has 2 aromatic carbocycles. The van der Waals surface area contributed by atoms with Crippen LogP contribution in [0.3, 0.4) is 0 Å². The largest absolute Gasteiger partial charge is 0.504 e. The normalized spacial score (nSPS) is 10.5. The molecule has 1 heterocycles. The Morgan fingerprint density at radius 3 is 2.54 bits per heavy atom. The van der Waals surface area contributed by atoms with Crippen LogP contribution in [-0.2, 0) is 11.3 Å². The van der Waals surface area contributed by atoms with Crippen molar-refractivity contribution in [2.75, 3.05) is 0 Å². The van der Waals surface area contributed by atoms with Crippen molar-refractivity contribution < 1.29 is 19.7 Å². The van der Waals surface area contributed by atoms with Gasteiger partial charge in [0.25, 0.3) is 0 Å². The molecule has 0 saturated heterocycles. The fraction of sp³-hybridized carbons (Fsp3) is 0.111. The highest BCUT2D eigenvalue weighted by Crippen LogP contribution is 2.32. The van der Waals surface area contributed by atoms with E-state index in [-0.39, 0.29) is 17.9 Å². The van der Waals surface area contributed by atoms with Crippen LogP contribution in [0.2, 0.25) is 0 Å². The van der Waals surface area contributed by atoms with Crippen LogP contribution in [0, 0.1) is 6.92 Å². The number of carbonyl (C=O) groups excluding carboxylic acids is 1. The van der Waals surface area contributed by atoms with Crippen LogP contribution in [0.1, 0.15) is 21.5 Å². The van der Waals surface area contributed by atoms with Crippen LogP contribution in [0.4, 0.5) is 0 Å². The molecule has 6 nitrogen and oxygen atoms in total. The number of carbonyl (C=O) groups is 1. The summed E-state index contributed by atoms with van der Waals surface area (Å²) >= 11 is 0. The third-order valence-corrected chi connectivity index (χ3v) is 3.65. The van der Waals surface area contributed by atoms with E-state index in [4.69, 9.17) is 4.74 Å². The zero-order valence-corrected chi connectivity index (χ0v) is 13.0. The van der Waals surface area contributed by atoms with E-state index in [1.54, 1.807) is 23.9 Å². The van der Waals surface area contributed by atoms with E-state index in [1.165, 1.54) is 6.07 Å². The lowest BCUT2D eigenvalue weighted by atomic mass is 10.1. The lowest BCUT2D eigenvalue weighted by Crippen LogP contribution is -2.06. The maximum absolute atomic E-state index is 12.0. The van der Waals surface area contributed by atoms with Crippen molar-refractivity contribution in [1.29, 1.82) is 0 Å². The van der Waals surface area contributed by atoms with Gasteiger partial charge in [-0.2, -0.15) is 5.10 Å². The second-order valence-electron chi connectivity index (χ2n) is 5.32. The van der Waals surface area contributed by atoms with Crippen LogP contribution in [-0.4, -0.2) is 26.0 Å². The lowest BCUT2D eigenvalue weighted by molar-refractivity contribution is 0.0468. The molecule has 0 spiro atoms. The first kappa shape index (κ1) is 15.6. The summed E-state index contributed by atoms with van der Waals surface area (Å²) in [6.45, 7) is 1.69. The molecule has 0 amide bonds. The molecule has 122 valence electrons. The van der Waals surface area contributed by atoms with Crippen molar-refractivity contribution in [3.05, 3.63) is 71.5 Å². The first-order valence-electron chi connectivity index (χ1n) is 7.34. The van der Waals surface area contributed by atoms with Gasteiger partial charge >= 0.3 is 5.97 Å². The Morgan fingerprint density at radius 1 is 1.12 bits per heavy atom. The summed E-state index contributed by atoms with van der Waals surface area (Å²) in [5.41, 5.74) is 2.12. The second-order valence-corrected chi connectivity index (χ2v) is 5.32. The van der Waals surface area contributed by atoms with Crippen molar-refractivity contribution in [3.8, 4) is 17.2 Å². The highest BCUT2D eigenvalue weighted by atomic mass is 16.5. The van der Waals surface area contributed by atoms with Crippen LogP contribution < -0.4 is 0 Å². The zero-order valence-electron chi connectivity index (χ0n) is 13.0. The van der Waals surface area contributed by atoms with E-state index in [0.29, 0.717) is 5.56 Å². The Morgan fingerprint density at radius 2 is 1.88 bits per heavy atom. The monoisotopic (exact) mass is 324 g/mol. The summed E-state index contributed by atoms with van der Waals surface area (Å²) in [5, 5.41) is 23.6. The van der Waals surface area contributed by atoms with Crippen molar-refractivity contribution in [2.45, 2.75) is 13.5 Å². The average molecular weight is 324 g/mol. The van der Waals surface area contributed by atoms with Gasteiger partial charge in [-0.25, -0.2) is 9.48 Å². The van der Waals surface area contributed by atoms with Crippen molar-refractivity contribution in [1.82, 2.24) is 9.78 Å². The van der Waals surface area contributed by atoms with Gasteiger partial charge < -0.3 is 14.9 Å². The van der Waals surface area contributed by atoms with Crippen LogP contribution in [0.5, 0.6) is 11.5 Å². The quantitative estimate of drug-likeness (QED) is 0.569. The predicted octanol–water partition coefficient (Wildman–Crippen LogP) is 2.95. The fourth-order valence-corrected chi connectivity index (χ4v) is 2.24. The Balaban J connectivity index is 1.67.